The van der Waals surface area contributed by atoms with Gasteiger partial charge < -0.3 is 15.1 Å². The number of nitro benzene ring substituents is 1. The van der Waals surface area contributed by atoms with Gasteiger partial charge in [-0.1, -0.05) is 64.8 Å². The fourth-order valence-electron chi connectivity index (χ4n) is 11.0. The van der Waals surface area contributed by atoms with Gasteiger partial charge in [0.25, 0.3) is 5.69 Å². The minimum atomic E-state index is -3.60. The molecule has 0 amide bonds. The second-order valence-electron chi connectivity index (χ2n) is 20.4. The van der Waals surface area contributed by atoms with Crippen molar-refractivity contribution >= 4 is 144 Å². The van der Waals surface area contributed by atoms with Crippen LogP contribution >= 0.6 is 69.3 Å². The van der Waals surface area contributed by atoms with Crippen LogP contribution in [0, 0.1) is 51.7 Å². The Balaban J connectivity index is 1.17. The SMILES string of the molecule is Cc1[nH]c(C2N(c3ccccc3)C(Sc3nc4ccc(C(=O)O)cc4s3)=NN2C2(c3[nH]c(C)c(C)c3C)N=NC(Sc3nc4ccc([N+](=O)[O-])cc4s3)(Sc3nc4ccc(S(C)(=O)=O)cc4s3)[N+]2(c2ccccc2)c2ccccc2)c(C)c1C. The van der Waals surface area contributed by atoms with Crippen LogP contribution in [0.25, 0.3) is 30.6 Å². The monoisotopic (exact) mass is 1250 g/mol. The summed E-state index contributed by atoms with van der Waals surface area (Å²) in [6.45, 7) is 12.5. The number of hydrogen-bond donors (Lipinski definition) is 3. The van der Waals surface area contributed by atoms with Crippen LogP contribution in [0.1, 0.15) is 61.6 Å². The Labute approximate surface area is 506 Å². The van der Waals surface area contributed by atoms with Crippen molar-refractivity contribution in [2.75, 3.05) is 11.2 Å². The first-order valence-corrected chi connectivity index (χ1v) is 32.9. The van der Waals surface area contributed by atoms with Gasteiger partial charge in [-0.15, -0.1) is 39.1 Å². The van der Waals surface area contributed by atoms with Gasteiger partial charge in [0.1, 0.15) is 17.1 Å². The number of benzene rings is 6. The Morgan fingerprint density at radius 1 is 0.667 bits per heavy atom. The number of nitrogens with one attached hydrogen (secondary N) is 2. The molecule has 6 aromatic carbocycles. The number of aromatic carboxylic acids is 1. The average Bonchev–Trinajstić information content (AvgIpc) is 1.50. The van der Waals surface area contributed by atoms with Crippen LogP contribution < -0.4 is 9.38 Å². The van der Waals surface area contributed by atoms with Crippen molar-refractivity contribution in [2.24, 2.45) is 15.3 Å². The average molecular weight is 1250 g/mol. The quantitative estimate of drug-likeness (QED) is 0.0398. The van der Waals surface area contributed by atoms with Crippen molar-refractivity contribution in [3.8, 4) is 0 Å². The number of aromatic amines is 2. The first-order valence-electron chi connectivity index (χ1n) is 26.1. The predicted molar refractivity (Wildman–Crippen MR) is 338 cm³/mol. The van der Waals surface area contributed by atoms with E-state index in [4.69, 9.17) is 30.3 Å². The van der Waals surface area contributed by atoms with E-state index in [1.54, 1.807) is 42.5 Å². The Bertz CT molecular complexity index is 4620. The van der Waals surface area contributed by atoms with Crippen LogP contribution in [0.3, 0.4) is 0 Å². The number of carbonyl (C=O) groups is 1. The Morgan fingerprint density at radius 2 is 1.20 bits per heavy atom. The van der Waals surface area contributed by atoms with Gasteiger partial charge in [-0.05, 0) is 154 Å². The number of aromatic nitrogens is 5. The number of amidine groups is 1. The van der Waals surface area contributed by atoms with E-state index in [2.05, 4.69) is 78.8 Å². The van der Waals surface area contributed by atoms with Gasteiger partial charge in [0.15, 0.2) is 34.2 Å². The zero-order valence-corrected chi connectivity index (χ0v) is 51.5. The summed E-state index contributed by atoms with van der Waals surface area (Å²) >= 11 is 8.08. The number of azo groups is 1. The van der Waals surface area contributed by atoms with Crippen molar-refractivity contribution in [2.45, 2.75) is 75.7 Å². The lowest BCUT2D eigenvalue weighted by atomic mass is 9.99. The van der Waals surface area contributed by atoms with E-state index >= 15 is 0 Å². The zero-order chi connectivity index (χ0) is 58.6. The summed E-state index contributed by atoms with van der Waals surface area (Å²) in [5, 5.41) is 42.7. The number of sulfone groups is 1. The van der Waals surface area contributed by atoms with Crippen LogP contribution in [-0.2, 0) is 15.6 Å². The number of nitrogens with zero attached hydrogens (tertiary/aromatic N) is 10. The molecule has 0 bridgehead atoms. The molecule has 84 heavy (non-hydrogen) atoms. The Morgan fingerprint density at radius 3 is 1.76 bits per heavy atom. The predicted octanol–water partition coefficient (Wildman–Crippen LogP) is 15.7. The van der Waals surface area contributed by atoms with E-state index < -0.39 is 37.0 Å². The van der Waals surface area contributed by atoms with Gasteiger partial charge in [-0.25, -0.2) is 28.2 Å². The van der Waals surface area contributed by atoms with E-state index in [9.17, 15) is 28.4 Å². The van der Waals surface area contributed by atoms with Crippen molar-refractivity contribution in [1.82, 2.24) is 34.4 Å². The molecule has 2 aliphatic heterocycles. The molecule has 18 nitrogen and oxygen atoms in total. The van der Waals surface area contributed by atoms with Crippen LogP contribution in [0.4, 0.5) is 22.7 Å². The fraction of sp³-hybridized carbons (Fsp3) is 0.169. The molecule has 0 saturated carbocycles. The summed E-state index contributed by atoms with van der Waals surface area (Å²) < 4.78 is 27.8. The first-order chi connectivity index (χ1) is 40.3. The highest BCUT2D eigenvalue weighted by atomic mass is 32.2. The molecule has 422 valence electrons. The van der Waals surface area contributed by atoms with Crippen LogP contribution in [0.5, 0.6) is 0 Å². The van der Waals surface area contributed by atoms with Crippen molar-refractivity contribution < 1.29 is 23.2 Å². The lowest BCUT2D eigenvalue weighted by Gasteiger charge is -2.53. The van der Waals surface area contributed by atoms with Crippen LogP contribution in [0.15, 0.2) is 179 Å². The summed E-state index contributed by atoms with van der Waals surface area (Å²) in [5.74, 6) is -2.85. The smallest absolute Gasteiger partial charge is 0.363 e. The largest absolute Gasteiger partial charge is 0.478 e. The summed E-state index contributed by atoms with van der Waals surface area (Å²) in [6, 6.07) is 44.8. The second kappa shape index (κ2) is 20.8. The topological polar surface area (TPSA) is 228 Å². The van der Waals surface area contributed by atoms with E-state index in [1.165, 1.54) is 87.7 Å². The highest BCUT2D eigenvalue weighted by Crippen LogP contribution is 2.71. The minimum absolute atomic E-state index is 0.0727. The van der Waals surface area contributed by atoms with E-state index in [0.717, 1.165) is 56.4 Å². The number of hydrazone groups is 1. The van der Waals surface area contributed by atoms with Gasteiger partial charge in [-0.3, -0.25) is 15.0 Å². The molecule has 0 radical (unpaired) electrons. The lowest BCUT2D eigenvalue weighted by Crippen LogP contribution is -2.70. The lowest BCUT2D eigenvalue weighted by molar-refractivity contribution is -0.384. The molecule has 0 spiro atoms. The maximum Gasteiger partial charge on any atom is 0.363 e. The standard InChI is InChI=1S/C59H48N12O6S7/c1-32-34(3)50(60-36(32)5)52-68(39-17-11-8-12-18-39)54(81-55-62-44-26-23-38(53(72)73)29-47(44)78-55)65-69(52)58(51-35(4)33(2)37(6)61-51)66-67-59(82-56-63-45-27-24-40(70(74)75)30-48(45)79-56,71(58,41-19-13-9-14-20-41)42-21-15-10-16-22-42)83-57-64-46-28-25-43(84(7,76)77)31-49(46)80-57/h8-31,52,60-61H,1-7H3/p+1. The number of non-ortho nitro benzene ring substituents is 1. The van der Waals surface area contributed by atoms with Crippen molar-refractivity contribution in [3.63, 3.8) is 0 Å². The number of carboxylic acids is 1. The number of rotatable bonds is 14. The summed E-state index contributed by atoms with van der Waals surface area (Å²) in [6.07, 6.45) is 0.344. The van der Waals surface area contributed by atoms with E-state index in [-0.39, 0.29) is 20.6 Å². The molecule has 5 aromatic heterocycles. The zero-order valence-electron chi connectivity index (χ0n) is 45.8. The van der Waals surface area contributed by atoms with Gasteiger partial charge in [-0.2, -0.15) is 9.49 Å². The number of fused-ring (bicyclic) bond motifs is 3. The molecular weight excluding hydrogens is 1200 g/mol. The molecule has 11 aromatic rings. The summed E-state index contributed by atoms with van der Waals surface area (Å²) in [7, 11) is -3.60. The normalized spacial score (nSPS) is 18.7. The fourth-order valence-corrected chi connectivity index (χ4v) is 19.7. The van der Waals surface area contributed by atoms with Gasteiger partial charge >= 0.3 is 16.1 Å². The number of thiazole rings is 3. The number of thioether (sulfide) groups is 3. The summed E-state index contributed by atoms with van der Waals surface area (Å²) in [4.78, 5) is 49.8. The minimum Gasteiger partial charge on any atom is -0.478 e. The first kappa shape index (κ1) is 55.4. The number of nitro groups is 1. The molecule has 0 aliphatic carbocycles. The van der Waals surface area contributed by atoms with Crippen LogP contribution in [-0.4, -0.2) is 70.1 Å². The number of hydrogen-bond acceptors (Lipinski definition) is 19. The van der Waals surface area contributed by atoms with Crippen molar-refractivity contribution in [1.29, 1.82) is 0 Å². The molecule has 3 atom stereocenters. The molecule has 3 unspecified atom stereocenters. The summed E-state index contributed by atoms with van der Waals surface area (Å²) in [5.41, 5.74) is 11.4. The molecule has 13 rings (SSSR count). The highest BCUT2D eigenvalue weighted by Gasteiger charge is 2.79. The number of quaternary nitrogens is 1. The maximum absolute atomic E-state index is 13.1. The van der Waals surface area contributed by atoms with Gasteiger partial charge in [0, 0.05) is 59.0 Å². The third-order valence-corrected chi connectivity index (χ3v) is 23.6. The number of H-pyrrole nitrogens is 2. The number of para-hydroxylation sites is 3. The molecule has 0 fully saturated rings. The molecular formula is C59H49N12O6S7+. The third-order valence-electron chi connectivity index (χ3n) is 15.5. The second-order valence-corrected chi connectivity index (χ2v) is 29.8. The molecule has 7 heterocycles. The van der Waals surface area contributed by atoms with Crippen molar-refractivity contribution in [3.05, 3.63) is 206 Å². The number of aryl methyl sites for hydroxylation is 2. The van der Waals surface area contributed by atoms with E-state index in [1.807, 2.05) is 73.7 Å². The van der Waals surface area contributed by atoms with Gasteiger partial charge in [0.05, 0.1) is 51.7 Å². The molecule has 0 saturated heterocycles. The number of carboxylic acid groups (broad SMARTS) is 1. The third kappa shape index (κ3) is 8.84. The highest BCUT2D eigenvalue weighted by molar-refractivity contribution is 8.19. The Kier molecular flexibility index (Phi) is 13.7. The molecule has 2 aliphatic rings. The maximum atomic E-state index is 13.1. The molecule has 3 N–H and O–H groups in total. The molecule has 25 heteroatoms. The number of anilines is 1. The van der Waals surface area contributed by atoms with Gasteiger partial charge in [0.2, 0.25) is 0 Å². The van der Waals surface area contributed by atoms with Crippen LogP contribution in [0.2, 0.25) is 0 Å². The Hall–Kier alpha value is -7.75. The van der Waals surface area contributed by atoms with E-state index in [0.29, 0.717) is 54.5 Å².